The summed E-state index contributed by atoms with van der Waals surface area (Å²) in [4.78, 5) is 4.39. The van der Waals surface area contributed by atoms with E-state index in [9.17, 15) is 8.42 Å². The fraction of sp³-hybridized carbons (Fsp3) is 0.267. The highest BCUT2D eigenvalue weighted by molar-refractivity contribution is 7.89. The predicted octanol–water partition coefficient (Wildman–Crippen LogP) is 2.93. The summed E-state index contributed by atoms with van der Waals surface area (Å²) in [5, 5.41) is 0.384. The highest BCUT2D eigenvalue weighted by atomic mass is 35.5. The molecule has 22 heavy (non-hydrogen) atoms. The minimum Gasteiger partial charge on any atom is -0.334 e. The first-order valence-electron chi connectivity index (χ1n) is 6.85. The van der Waals surface area contributed by atoms with Crippen molar-refractivity contribution in [1.29, 1.82) is 0 Å². The van der Waals surface area contributed by atoms with E-state index in [-0.39, 0.29) is 18.0 Å². The standard InChI is InChI=1S/C15H18ClN3O2S/c1-3-9-19(12-15-17-8-10-18(15)4-2)22(20,21)14-7-5-6-13(16)11-14/h3,5-8,10-11H,1,4,9,12H2,2H3. The van der Waals surface area contributed by atoms with Crippen LogP contribution in [-0.4, -0.2) is 28.8 Å². The first-order chi connectivity index (χ1) is 10.5. The van der Waals surface area contributed by atoms with E-state index < -0.39 is 10.0 Å². The lowest BCUT2D eigenvalue weighted by molar-refractivity contribution is 0.420. The minimum atomic E-state index is -3.66. The Morgan fingerprint density at radius 3 is 2.86 bits per heavy atom. The maximum absolute atomic E-state index is 12.8. The molecule has 1 aromatic heterocycles. The van der Waals surface area contributed by atoms with Crippen LogP contribution in [0.25, 0.3) is 0 Å². The van der Waals surface area contributed by atoms with Gasteiger partial charge in [0.1, 0.15) is 5.82 Å². The van der Waals surface area contributed by atoms with Crippen molar-refractivity contribution in [3.8, 4) is 0 Å². The van der Waals surface area contributed by atoms with Crippen LogP contribution in [-0.2, 0) is 23.1 Å². The van der Waals surface area contributed by atoms with Crippen LogP contribution in [0.2, 0.25) is 5.02 Å². The van der Waals surface area contributed by atoms with Crippen molar-refractivity contribution in [3.05, 3.63) is 60.2 Å². The highest BCUT2D eigenvalue weighted by Gasteiger charge is 2.25. The molecule has 0 amide bonds. The van der Waals surface area contributed by atoms with Gasteiger partial charge in [0, 0.05) is 30.5 Å². The summed E-state index contributed by atoms with van der Waals surface area (Å²) in [6.45, 7) is 6.73. The van der Waals surface area contributed by atoms with E-state index in [1.54, 1.807) is 24.4 Å². The van der Waals surface area contributed by atoms with Crippen LogP contribution < -0.4 is 0 Å². The van der Waals surface area contributed by atoms with E-state index >= 15 is 0 Å². The van der Waals surface area contributed by atoms with Gasteiger partial charge in [-0.15, -0.1) is 6.58 Å². The molecule has 0 radical (unpaired) electrons. The fourth-order valence-corrected chi connectivity index (χ4v) is 3.77. The van der Waals surface area contributed by atoms with Crippen LogP contribution in [0.15, 0.2) is 54.2 Å². The summed E-state index contributed by atoms with van der Waals surface area (Å²) in [6, 6.07) is 6.24. The fourth-order valence-electron chi connectivity index (χ4n) is 2.11. The molecule has 2 rings (SSSR count). The Morgan fingerprint density at radius 2 is 2.23 bits per heavy atom. The Balaban J connectivity index is 2.36. The summed E-state index contributed by atoms with van der Waals surface area (Å²) >= 11 is 5.90. The maximum atomic E-state index is 12.8. The van der Waals surface area contributed by atoms with Crippen molar-refractivity contribution in [2.75, 3.05) is 6.54 Å². The average molecular weight is 340 g/mol. The van der Waals surface area contributed by atoms with Crippen LogP contribution in [0, 0.1) is 0 Å². The number of aromatic nitrogens is 2. The van der Waals surface area contributed by atoms with Gasteiger partial charge in [0.2, 0.25) is 10.0 Å². The second kappa shape index (κ2) is 7.09. The van der Waals surface area contributed by atoms with Crippen molar-refractivity contribution >= 4 is 21.6 Å². The molecule has 1 aromatic carbocycles. The molecule has 0 bridgehead atoms. The number of sulfonamides is 1. The molecule has 5 nitrogen and oxygen atoms in total. The zero-order valence-corrected chi connectivity index (χ0v) is 13.9. The molecule has 0 atom stereocenters. The van der Waals surface area contributed by atoms with Crippen LogP contribution in [0.4, 0.5) is 0 Å². The Hall–Kier alpha value is -1.63. The Bertz CT molecular complexity index is 756. The predicted molar refractivity (Wildman–Crippen MR) is 87.1 cm³/mol. The third kappa shape index (κ3) is 3.58. The smallest absolute Gasteiger partial charge is 0.243 e. The largest absolute Gasteiger partial charge is 0.334 e. The van der Waals surface area contributed by atoms with E-state index in [2.05, 4.69) is 11.6 Å². The molecule has 118 valence electrons. The number of rotatable bonds is 7. The molecule has 2 aromatic rings. The first-order valence-corrected chi connectivity index (χ1v) is 8.67. The van der Waals surface area contributed by atoms with Crippen molar-refractivity contribution in [1.82, 2.24) is 13.9 Å². The summed E-state index contributed by atoms with van der Waals surface area (Å²) in [7, 11) is -3.66. The van der Waals surface area contributed by atoms with Crippen molar-refractivity contribution < 1.29 is 8.42 Å². The Labute approximate surface area is 135 Å². The number of aryl methyl sites for hydroxylation is 1. The number of halogens is 1. The van der Waals surface area contributed by atoms with E-state index in [1.807, 2.05) is 17.7 Å². The molecule has 0 aliphatic rings. The van der Waals surface area contributed by atoms with Gasteiger partial charge < -0.3 is 4.57 Å². The van der Waals surface area contributed by atoms with E-state index in [0.29, 0.717) is 10.8 Å². The maximum Gasteiger partial charge on any atom is 0.243 e. The van der Waals surface area contributed by atoms with Gasteiger partial charge in [0.05, 0.1) is 11.4 Å². The molecule has 0 saturated heterocycles. The molecule has 0 aliphatic heterocycles. The van der Waals surface area contributed by atoms with E-state index in [1.165, 1.54) is 16.4 Å². The zero-order valence-electron chi connectivity index (χ0n) is 12.3. The summed E-state index contributed by atoms with van der Waals surface area (Å²) < 4.78 is 28.8. The monoisotopic (exact) mass is 339 g/mol. The number of hydrogen-bond donors (Lipinski definition) is 0. The van der Waals surface area contributed by atoms with Gasteiger partial charge in [-0.25, -0.2) is 13.4 Å². The normalized spacial score (nSPS) is 11.8. The topological polar surface area (TPSA) is 55.2 Å². The molecular weight excluding hydrogens is 322 g/mol. The second-order valence-corrected chi connectivity index (χ2v) is 7.05. The minimum absolute atomic E-state index is 0.163. The molecule has 0 spiro atoms. The molecule has 0 unspecified atom stereocenters. The van der Waals surface area contributed by atoms with Crippen LogP contribution in [0.5, 0.6) is 0 Å². The molecule has 1 heterocycles. The summed E-state index contributed by atoms with van der Waals surface area (Å²) in [5.74, 6) is 0.690. The van der Waals surface area contributed by atoms with Gasteiger partial charge in [0.25, 0.3) is 0 Å². The highest BCUT2D eigenvalue weighted by Crippen LogP contribution is 2.21. The third-order valence-electron chi connectivity index (χ3n) is 3.23. The lowest BCUT2D eigenvalue weighted by Crippen LogP contribution is -2.32. The van der Waals surface area contributed by atoms with E-state index in [0.717, 1.165) is 6.54 Å². The molecule has 0 aliphatic carbocycles. The van der Waals surface area contributed by atoms with Crippen molar-refractivity contribution in [2.24, 2.45) is 0 Å². The van der Waals surface area contributed by atoms with Crippen molar-refractivity contribution in [3.63, 3.8) is 0 Å². The van der Waals surface area contributed by atoms with Gasteiger partial charge in [-0.3, -0.25) is 0 Å². The van der Waals surface area contributed by atoms with Gasteiger partial charge in [-0.1, -0.05) is 23.7 Å². The van der Waals surface area contributed by atoms with Gasteiger partial charge in [0.15, 0.2) is 0 Å². The Morgan fingerprint density at radius 1 is 1.45 bits per heavy atom. The molecular formula is C15H18ClN3O2S. The first kappa shape index (κ1) is 16.7. The third-order valence-corrected chi connectivity index (χ3v) is 5.27. The molecule has 0 fully saturated rings. The van der Waals surface area contributed by atoms with Gasteiger partial charge in [-0.2, -0.15) is 4.31 Å². The lowest BCUT2D eigenvalue weighted by atomic mass is 10.4. The molecule has 0 saturated carbocycles. The second-order valence-electron chi connectivity index (χ2n) is 4.67. The summed E-state index contributed by atoms with van der Waals surface area (Å²) in [6.07, 6.45) is 5.05. The number of benzene rings is 1. The Kier molecular flexibility index (Phi) is 5.39. The molecule has 0 N–H and O–H groups in total. The van der Waals surface area contributed by atoms with Crippen LogP contribution in [0.1, 0.15) is 12.7 Å². The zero-order chi connectivity index (χ0) is 16.2. The van der Waals surface area contributed by atoms with E-state index in [4.69, 9.17) is 11.6 Å². The number of imidazole rings is 1. The van der Waals surface area contributed by atoms with Crippen molar-refractivity contribution in [2.45, 2.75) is 24.9 Å². The molecule has 7 heteroatoms. The SMILES string of the molecule is C=CCN(Cc1nccn1CC)S(=O)(=O)c1cccc(Cl)c1. The number of hydrogen-bond acceptors (Lipinski definition) is 3. The van der Waals surface area contributed by atoms with Gasteiger partial charge in [-0.05, 0) is 25.1 Å². The summed E-state index contributed by atoms with van der Waals surface area (Å²) in [5.41, 5.74) is 0. The van der Waals surface area contributed by atoms with Gasteiger partial charge >= 0.3 is 0 Å². The van der Waals surface area contributed by atoms with Crippen LogP contribution in [0.3, 0.4) is 0 Å². The lowest BCUT2D eigenvalue weighted by Gasteiger charge is -2.21. The number of nitrogens with zero attached hydrogens (tertiary/aromatic N) is 3. The quantitative estimate of drug-likeness (QED) is 0.729. The van der Waals surface area contributed by atoms with Crippen LogP contribution >= 0.6 is 11.6 Å². The average Bonchev–Trinajstić information content (AvgIpc) is 2.94.